The molecular formula is C8H20N2O. The van der Waals surface area contributed by atoms with E-state index in [2.05, 4.69) is 0 Å². The molecule has 0 radical (unpaired) electrons. The van der Waals surface area contributed by atoms with Crippen molar-refractivity contribution in [3.05, 3.63) is 0 Å². The van der Waals surface area contributed by atoms with E-state index >= 15 is 0 Å². The number of nitrogens with zero attached hydrogens (tertiary/aromatic N) is 1. The van der Waals surface area contributed by atoms with Crippen LogP contribution in [-0.4, -0.2) is 41.8 Å². The van der Waals surface area contributed by atoms with E-state index in [4.69, 9.17) is 5.73 Å². The summed E-state index contributed by atoms with van der Waals surface area (Å²) in [4.78, 5) is 1.96. The first-order valence-electron chi connectivity index (χ1n) is 3.90. The third-order valence-corrected chi connectivity index (χ3v) is 2.03. The number of likely N-dealkylation sites (N-methyl/N-ethyl adjacent to an activating group) is 1. The summed E-state index contributed by atoms with van der Waals surface area (Å²) in [5.74, 6) is 0. The Morgan fingerprint density at radius 1 is 1.36 bits per heavy atom. The summed E-state index contributed by atoms with van der Waals surface area (Å²) >= 11 is 0. The number of aliphatic hydroxyl groups excluding tert-OH is 1. The van der Waals surface area contributed by atoms with Crippen LogP contribution in [0.2, 0.25) is 0 Å². The molecule has 2 unspecified atom stereocenters. The molecule has 0 spiro atoms. The lowest BCUT2D eigenvalue weighted by atomic mass is 9.93. The molecule has 0 fully saturated rings. The molecule has 0 aliphatic rings. The molecule has 3 heteroatoms. The Morgan fingerprint density at radius 3 is 1.82 bits per heavy atom. The predicted octanol–water partition coefficient (Wildman–Crippen LogP) is 0.0347. The van der Waals surface area contributed by atoms with Gasteiger partial charge in [0.05, 0.1) is 6.10 Å². The predicted molar refractivity (Wildman–Crippen MR) is 47.4 cm³/mol. The fourth-order valence-corrected chi connectivity index (χ4v) is 0.904. The molecule has 0 rings (SSSR count). The topological polar surface area (TPSA) is 49.5 Å². The molecule has 68 valence electrons. The summed E-state index contributed by atoms with van der Waals surface area (Å²) in [6.45, 7) is 5.62. The van der Waals surface area contributed by atoms with Crippen molar-refractivity contribution < 1.29 is 5.11 Å². The van der Waals surface area contributed by atoms with Crippen molar-refractivity contribution in [3.63, 3.8) is 0 Å². The molecule has 0 aromatic heterocycles. The Hall–Kier alpha value is -0.120. The number of nitrogens with two attached hydrogens (primary N) is 1. The zero-order valence-electron chi connectivity index (χ0n) is 8.13. The molecule has 0 aliphatic heterocycles. The summed E-state index contributed by atoms with van der Waals surface area (Å²) in [6.07, 6.45) is -0.488. The van der Waals surface area contributed by atoms with E-state index in [0.29, 0.717) is 0 Å². The second-order valence-corrected chi connectivity index (χ2v) is 3.97. The Bertz CT molecular complexity index is 118. The molecule has 0 aromatic carbocycles. The van der Waals surface area contributed by atoms with Crippen LogP contribution in [0.25, 0.3) is 0 Å². The number of rotatable bonds is 3. The summed E-state index contributed by atoms with van der Waals surface area (Å²) in [5.41, 5.74) is 5.22. The minimum absolute atomic E-state index is 0.0926. The van der Waals surface area contributed by atoms with Crippen molar-refractivity contribution in [1.29, 1.82) is 0 Å². The van der Waals surface area contributed by atoms with Gasteiger partial charge >= 0.3 is 0 Å². The van der Waals surface area contributed by atoms with Crippen molar-refractivity contribution in [2.24, 2.45) is 5.73 Å². The smallest absolute Gasteiger partial charge is 0.0866 e. The van der Waals surface area contributed by atoms with E-state index in [1.165, 1.54) is 0 Å². The summed E-state index contributed by atoms with van der Waals surface area (Å²) in [6, 6.07) is 0.0926. The van der Waals surface area contributed by atoms with Crippen LogP contribution in [0.1, 0.15) is 20.8 Å². The van der Waals surface area contributed by atoms with Gasteiger partial charge in [0, 0.05) is 11.6 Å². The molecule has 2 atom stereocenters. The molecule has 3 N–H and O–H groups in total. The van der Waals surface area contributed by atoms with Crippen molar-refractivity contribution in [3.8, 4) is 0 Å². The van der Waals surface area contributed by atoms with E-state index in [1.54, 1.807) is 0 Å². The first kappa shape index (κ1) is 10.9. The van der Waals surface area contributed by atoms with Gasteiger partial charge in [0.15, 0.2) is 0 Å². The van der Waals surface area contributed by atoms with Crippen LogP contribution in [0.15, 0.2) is 0 Å². The average Bonchev–Trinajstić information content (AvgIpc) is 1.82. The standard InChI is InChI=1S/C8H20N2O/c1-6(10(4)5)7(11)8(2,3)9/h6-7,11H,9H2,1-5H3. The molecule has 0 aromatic rings. The van der Waals surface area contributed by atoms with Gasteiger partial charge < -0.3 is 15.7 Å². The van der Waals surface area contributed by atoms with Crippen molar-refractivity contribution in [2.75, 3.05) is 14.1 Å². The maximum atomic E-state index is 9.66. The zero-order chi connectivity index (χ0) is 9.23. The highest BCUT2D eigenvalue weighted by Gasteiger charge is 2.28. The van der Waals surface area contributed by atoms with Crippen LogP contribution in [0, 0.1) is 0 Å². The van der Waals surface area contributed by atoms with Gasteiger partial charge in [-0.2, -0.15) is 0 Å². The van der Waals surface area contributed by atoms with Crippen LogP contribution in [0.4, 0.5) is 0 Å². The zero-order valence-corrected chi connectivity index (χ0v) is 8.13. The SMILES string of the molecule is CC(C(O)C(C)(C)N)N(C)C. The molecule has 11 heavy (non-hydrogen) atoms. The lowest BCUT2D eigenvalue weighted by molar-refractivity contribution is 0.0346. The fourth-order valence-electron chi connectivity index (χ4n) is 0.904. The monoisotopic (exact) mass is 160 g/mol. The molecule has 0 amide bonds. The van der Waals surface area contributed by atoms with Gasteiger partial charge in [-0.3, -0.25) is 0 Å². The Labute approximate surface area is 69.2 Å². The summed E-state index contributed by atoms with van der Waals surface area (Å²) in [5, 5.41) is 9.66. The molecule has 0 saturated heterocycles. The van der Waals surface area contributed by atoms with E-state index in [9.17, 15) is 5.11 Å². The number of hydrogen-bond acceptors (Lipinski definition) is 3. The minimum Gasteiger partial charge on any atom is -0.390 e. The lowest BCUT2D eigenvalue weighted by Crippen LogP contribution is -2.54. The molecule has 0 bridgehead atoms. The van der Waals surface area contributed by atoms with Gasteiger partial charge in [0.25, 0.3) is 0 Å². The summed E-state index contributed by atoms with van der Waals surface area (Å²) in [7, 11) is 3.86. The van der Waals surface area contributed by atoms with Crippen LogP contribution >= 0.6 is 0 Å². The average molecular weight is 160 g/mol. The highest BCUT2D eigenvalue weighted by molar-refractivity contribution is 4.88. The van der Waals surface area contributed by atoms with Crippen molar-refractivity contribution in [1.82, 2.24) is 4.90 Å². The summed E-state index contributed by atoms with van der Waals surface area (Å²) < 4.78 is 0. The Kier molecular flexibility index (Phi) is 3.48. The van der Waals surface area contributed by atoms with E-state index < -0.39 is 11.6 Å². The molecular weight excluding hydrogens is 140 g/mol. The van der Waals surface area contributed by atoms with Gasteiger partial charge in [-0.25, -0.2) is 0 Å². The normalized spacial score (nSPS) is 18.5. The van der Waals surface area contributed by atoms with Gasteiger partial charge in [0.1, 0.15) is 0 Å². The first-order chi connectivity index (χ1) is 4.76. The first-order valence-corrected chi connectivity index (χ1v) is 3.90. The van der Waals surface area contributed by atoms with Crippen LogP contribution in [0.3, 0.4) is 0 Å². The molecule has 0 aliphatic carbocycles. The maximum absolute atomic E-state index is 9.66. The van der Waals surface area contributed by atoms with Gasteiger partial charge in [0.2, 0.25) is 0 Å². The minimum atomic E-state index is -0.524. The molecule has 3 nitrogen and oxygen atoms in total. The Balaban J connectivity index is 4.13. The van der Waals surface area contributed by atoms with Crippen molar-refractivity contribution in [2.45, 2.75) is 38.5 Å². The van der Waals surface area contributed by atoms with E-state index in [0.717, 1.165) is 0 Å². The highest BCUT2D eigenvalue weighted by Crippen LogP contribution is 2.11. The third-order valence-electron chi connectivity index (χ3n) is 2.03. The lowest BCUT2D eigenvalue weighted by Gasteiger charge is -2.34. The second kappa shape index (κ2) is 3.52. The Morgan fingerprint density at radius 2 is 1.73 bits per heavy atom. The number of aliphatic hydroxyl groups is 1. The third kappa shape index (κ3) is 3.18. The second-order valence-electron chi connectivity index (χ2n) is 3.97. The fraction of sp³-hybridized carbons (Fsp3) is 1.00. The quantitative estimate of drug-likeness (QED) is 0.612. The molecule has 0 heterocycles. The van der Waals surface area contributed by atoms with Crippen LogP contribution in [-0.2, 0) is 0 Å². The van der Waals surface area contributed by atoms with E-state index in [1.807, 2.05) is 39.8 Å². The number of hydrogen-bond donors (Lipinski definition) is 2. The van der Waals surface area contributed by atoms with Gasteiger partial charge in [-0.15, -0.1) is 0 Å². The van der Waals surface area contributed by atoms with Crippen LogP contribution in [0.5, 0.6) is 0 Å². The van der Waals surface area contributed by atoms with Crippen LogP contribution < -0.4 is 5.73 Å². The van der Waals surface area contributed by atoms with Gasteiger partial charge in [-0.05, 0) is 34.9 Å². The maximum Gasteiger partial charge on any atom is 0.0866 e. The van der Waals surface area contributed by atoms with Crippen molar-refractivity contribution >= 4 is 0 Å². The van der Waals surface area contributed by atoms with Gasteiger partial charge in [-0.1, -0.05) is 0 Å². The highest BCUT2D eigenvalue weighted by atomic mass is 16.3. The molecule has 0 saturated carbocycles. The largest absolute Gasteiger partial charge is 0.390 e. The van der Waals surface area contributed by atoms with E-state index in [-0.39, 0.29) is 6.04 Å².